The molecule has 0 spiro atoms. The third-order valence-corrected chi connectivity index (χ3v) is 3.08. The zero-order valence-corrected chi connectivity index (χ0v) is 11.9. The number of ether oxygens (including phenoxy) is 2. The van der Waals surface area contributed by atoms with Crippen molar-refractivity contribution in [2.24, 2.45) is 0 Å². The van der Waals surface area contributed by atoms with E-state index >= 15 is 0 Å². The Morgan fingerprint density at radius 1 is 1.05 bits per heavy atom. The summed E-state index contributed by atoms with van der Waals surface area (Å²) in [5.41, 5.74) is 2.19. The van der Waals surface area contributed by atoms with Gasteiger partial charge in [0.2, 0.25) is 0 Å². The molecule has 0 amide bonds. The number of hydrogen-bond acceptors (Lipinski definition) is 4. The number of rotatable bonds is 7. The molecule has 20 heavy (non-hydrogen) atoms. The third-order valence-electron chi connectivity index (χ3n) is 3.08. The molecule has 1 N–H and O–H groups in total. The van der Waals surface area contributed by atoms with E-state index in [-0.39, 0.29) is 0 Å². The normalized spacial score (nSPS) is 10.3. The highest BCUT2D eigenvalue weighted by molar-refractivity contribution is 5.46. The smallest absolute Gasteiger partial charge is 0.165 e. The van der Waals surface area contributed by atoms with Crippen molar-refractivity contribution in [3.63, 3.8) is 0 Å². The van der Waals surface area contributed by atoms with Crippen LogP contribution in [0.15, 0.2) is 42.6 Å². The van der Waals surface area contributed by atoms with Gasteiger partial charge in [0.05, 0.1) is 14.2 Å². The highest BCUT2D eigenvalue weighted by Crippen LogP contribution is 2.30. The van der Waals surface area contributed by atoms with Crippen molar-refractivity contribution in [2.75, 3.05) is 20.8 Å². The molecule has 1 aromatic carbocycles. The Kier molecular flexibility index (Phi) is 5.38. The van der Waals surface area contributed by atoms with Crippen LogP contribution in [-0.2, 0) is 13.0 Å². The van der Waals surface area contributed by atoms with E-state index in [2.05, 4.69) is 10.3 Å². The first-order chi connectivity index (χ1) is 9.85. The van der Waals surface area contributed by atoms with Gasteiger partial charge in [-0.15, -0.1) is 0 Å². The monoisotopic (exact) mass is 272 g/mol. The summed E-state index contributed by atoms with van der Waals surface area (Å²) in [4.78, 5) is 4.30. The van der Waals surface area contributed by atoms with Gasteiger partial charge in [0.15, 0.2) is 11.5 Å². The van der Waals surface area contributed by atoms with E-state index < -0.39 is 0 Å². The maximum Gasteiger partial charge on any atom is 0.165 e. The molecular weight excluding hydrogens is 252 g/mol. The fraction of sp³-hybridized carbons (Fsp3) is 0.312. The zero-order chi connectivity index (χ0) is 14.2. The molecule has 0 bridgehead atoms. The van der Waals surface area contributed by atoms with E-state index in [9.17, 15) is 0 Å². The molecule has 0 atom stereocenters. The Bertz CT molecular complexity index is 529. The highest BCUT2D eigenvalue weighted by Gasteiger charge is 2.08. The van der Waals surface area contributed by atoms with Crippen LogP contribution in [0.3, 0.4) is 0 Å². The van der Waals surface area contributed by atoms with Crippen molar-refractivity contribution in [2.45, 2.75) is 13.0 Å². The minimum Gasteiger partial charge on any atom is -0.493 e. The van der Waals surface area contributed by atoms with Crippen molar-refractivity contribution in [3.8, 4) is 11.5 Å². The van der Waals surface area contributed by atoms with Crippen LogP contribution in [-0.4, -0.2) is 25.7 Å². The molecule has 0 fully saturated rings. The van der Waals surface area contributed by atoms with Crippen molar-refractivity contribution in [1.82, 2.24) is 10.3 Å². The predicted octanol–water partition coefficient (Wildman–Crippen LogP) is 2.43. The Morgan fingerprint density at radius 3 is 2.65 bits per heavy atom. The van der Waals surface area contributed by atoms with Crippen LogP contribution in [0, 0.1) is 0 Å². The lowest BCUT2D eigenvalue weighted by atomic mass is 10.2. The molecule has 0 saturated carbocycles. The average molecular weight is 272 g/mol. The van der Waals surface area contributed by atoms with Gasteiger partial charge in [-0.2, -0.15) is 0 Å². The van der Waals surface area contributed by atoms with Crippen molar-refractivity contribution in [1.29, 1.82) is 0 Å². The van der Waals surface area contributed by atoms with Gasteiger partial charge in [-0.05, 0) is 18.2 Å². The number of benzene rings is 1. The SMILES string of the molecule is COc1cccc(CNCCc2ccccn2)c1OC. The van der Waals surface area contributed by atoms with Crippen LogP contribution in [0.4, 0.5) is 0 Å². The fourth-order valence-corrected chi connectivity index (χ4v) is 2.08. The summed E-state index contributed by atoms with van der Waals surface area (Å²) in [6.45, 7) is 1.62. The van der Waals surface area contributed by atoms with E-state index in [0.717, 1.165) is 42.3 Å². The maximum absolute atomic E-state index is 5.41. The van der Waals surface area contributed by atoms with Gasteiger partial charge in [0.25, 0.3) is 0 Å². The van der Waals surface area contributed by atoms with Gasteiger partial charge in [-0.25, -0.2) is 0 Å². The van der Waals surface area contributed by atoms with Crippen LogP contribution in [0.2, 0.25) is 0 Å². The number of pyridine rings is 1. The number of nitrogens with zero attached hydrogens (tertiary/aromatic N) is 1. The van der Waals surface area contributed by atoms with Crippen LogP contribution in [0.1, 0.15) is 11.3 Å². The second-order valence-corrected chi connectivity index (χ2v) is 4.40. The van der Waals surface area contributed by atoms with Gasteiger partial charge in [-0.3, -0.25) is 4.98 Å². The van der Waals surface area contributed by atoms with E-state index in [1.165, 1.54) is 0 Å². The van der Waals surface area contributed by atoms with Crippen LogP contribution in [0.5, 0.6) is 11.5 Å². The number of aromatic nitrogens is 1. The quantitative estimate of drug-likeness (QED) is 0.786. The first-order valence-corrected chi connectivity index (χ1v) is 6.65. The molecule has 4 heteroatoms. The van der Waals surface area contributed by atoms with Gasteiger partial charge in [-0.1, -0.05) is 18.2 Å². The Labute approximate surface area is 119 Å². The van der Waals surface area contributed by atoms with Crippen molar-refractivity contribution in [3.05, 3.63) is 53.9 Å². The highest BCUT2D eigenvalue weighted by atomic mass is 16.5. The lowest BCUT2D eigenvalue weighted by molar-refractivity contribution is 0.350. The molecule has 0 saturated heterocycles. The summed E-state index contributed by atoms with van der Waals surface area (Å²) < 4.78 is 10.7. The van der Waals surface area contributed by atoms with Crippen LogP contribution >= 0.6 is 0 Å². The minimum absolute atomic E-state index is 0.743. The molecule has 0 radical (unpaired) electrons. The molecule has 0 aliphatic heterocycles. The largest absolute Gasteiger partial charge is 0.493 e. The predicted molar refractivity (Wildman–Crippen MR) is 79.2 cm³/mol. The van der Waals surface area contributed by atoms with Gasteiger partial charge >= 0.3 is 0 Å². The van der Waals surface area contributed by atoms with Crippen molar-refractivity contribution >= 4 is 0 Å². The fourth-order valence-electron chi connectivity index (χ4n) is 2.08. The number of nitrogens with one attached hydrogen (secondary N) is 1. The second kappa shape index (κ2) is 7.50. The maximum atomic E-state index is 5.41. The van der Waals surface area contributed by atoms with Gasteiger partial charge < -0.3 is 14.8 Å². The summed E-state index contributed by atoms with van der Waals surface area (Å²) >= 11 is 0. The number of methoxy groups -OCH3 is 2. The van der Waals surface area contributed by atoms with Crippen LogP contribution < -0.4 is 14.8 Å². The molecule has 0 aliphatic carbocycles. The Hall–Kier alpha value is -2.07. The Morgan fingerprint density at radius 2 is 1.95 bits per heavy atom. The Balaban J connectivity index is 1.88. The minimum atomic E-state index is 0.743. The number of para-hydroxylation sites is 1. The summed E-state index contributed by atoms with van der Waals surface area (Å²) in [6, 6.07) is 11.9. The molecule has 2 rings (SSSR count). The van der Waals surface area contributed by atoms with E-state index in [1.807, 2.05) is 42.6 Å². The van der Waals surface area contributed by atoms with E-state index in [1.54, 1.807) is 14.2 Å². The summed E-state index contributed by atoms with van der Waals surface area (Å²) in [5.74, 6) is 1.55. The lowest BCUT2D eigenvalue weighted by Crippen LogP contribution is -2.17. The molecule has 1 heterocycles. The summed E-state index contributed by atoms with van der Waals surface area (Å²) in [5, 5.41) is 3.40. The molecule has 0 aliphatic rings. The third kappa shape index (κ3) is 3.71. The van der Waals surface area contributed by atoms with E-state index in [4.69, 9.17) is 9.47 Å². The van der Waals surface area contributed by atoms with E-state index in [0.29, 0.717) is 0 Å². The summed E-state index contributed by atoms with van der Waals surface area (Å²) in [6.07, 6.45) is 2.73. The first kappa shape index (κ1) is 14.3. The molecule has 4 nitrogen and oxygen atoms in total. The second-order valence-electron chi connectivity index (χ2n) is 4.40. The number of hydrogen-bond donors (Lipinski definition) is 1. The first-order valence-electron chi connectivity index (χ1n) is 6.65. The summed E-state index contributed by atoms with van der Waals surface area (Å²) in [7, 11) is 3.31. The van der Waals surface area contributed by atoms with Crippen LogP contribution in [0.25, 0.3) is 0 Å². The average Bonchev–Trinajstić information content (AvgIpc) is 2.52. The molecule has 0 unspecified atom stereocenters. The topological polar surface area (TPSA) is 43.4 Å². The lowest BCUT2D eigenvalue weighted by Gasteiger charge is -2.13. The molecule has 1 aromatic heterocycles. The van der Waals surface area contributed by atoms with Gasteiger partial charge in [0.1, 0.15) is 0 Å². The standard InChI is InChI=1S/C16H20N2O2/c1-19-15-8-5-6-13(16(15)20-2)12-17-11-9-14-7-3-4-10-18-14/h3-8,10,17H,9,11-12H2,1-2H3. The zero-order valence-electron chi connectivity index (χ0n) is 11.9. The molecule has 106 valence electrons. The van der Waals surface area contributed by atoms with Gasteiger partial charge in [0, 0.05) is 37.0 Å². The molecule has 2 aromatic rings. The molecular formula is C16H20N2O2. The van der Waals surface area contributed by atoms with Crippen molar-refractivity contribution < 1.29 is 9.47 Å².